The molecular weight excluding hydrogens is 466 g/mol. The molecule has 1 aromatic heterocycles. The molecule has 8 nitrogen and oxygen atoms in total. The minimum Gasteiger partial charge on any atom is -0.467 e. The van der Waals surface area contributed by atoms with Gasteiger partial charge < -0.3 is 14.6 Å². The first-order valence-electron chi connectivity index (χ1n) is 11.5. The number of hydrogen-bond acceptors (Lipinski definition) is 5. The molecule has 0 saturated carbocycles. The molecule has 0 unspecified atom stereocenters. The highest BCUT2D eigenvalue weighted by molar-refractivity contribution is 7.89. The Hall–Kier alpha value is -3.43. The average molecular weight is 498 g/mol. The van der Waals surface area contributed by atoms with Gasteiger partial charge in [-0.05, 0) is 48.7 Å². The summed E-state index contributed by atoms with van der Waals surface area (Å²) in [5, 5.41) is 2.82. The number of hydrogen-bond donors (Lipinski definition) is 2. The second-order valence-corrected chi connectivity index (χ2v) is 9.89. The highest BCUT2D eigenvalue weighted by Gasteiger charge is 2.26. The summed E-state index contributed by atoms with van der Waals surface area (Å²) >= 11 is 0. The third-order valence-corrected chi connectivity index (χ3v) is 7.14. The number of carbonyl (C=O) groups excluding carboxylic acids is 2. The summed E-state index contributed by atoms with van der Waals surface area (Å²) in [7, 11) is -3.53. The normalized spacial score (nSPS) is 12.2. The van der Waals surface area contributed by atoms with Crippen molar-refractivity contribution in [3.8, 4) is 0 Å². The fourth-order valence-corrected chi connectivity index (χ4v) is 4.64. The number of carbonyl (C=O) groups is 2. The van der Waals surface area contributed by atoms with E-state index >= 15 is 0 Å². The third kappa shape index (κ3) is 7.53. The lowest BCUT2D eigenvalue weighted by molar-refractivity contribution is -0.140. The monoisotopic (exact) mass is 497 g/mol. The van der Waals surface area contributed by atoms with Gasteiger partial charge in [-0.1, -0.05) is 49.4 Å². The Morgan fingerprint density at radius 3 is 2.31 bits per heavy atom. The van der Waals surface area contributed by atoms with Crippen LogP contribution in [0.3, 0.4) is 0 Å². The minimum absolute atomic E-state index is 0.168. The van der Waals surface area contributed by atoms with E-state index in [0.717, 1.165) is 11.1 Å². The molecule has 3 aromatic rings. The molecule has 0 aliphatic rings. The van der Waals surface area contributed by atoms with Crippen molar-refractivity contribution in [3.05, 3.63) is 89.9 Å². The number of rotatable bonds is 12. The molecule has 2 aromatic carbocycles. The molecule has 0 aliphatic carbocycles. The number of sulfonamides is 1. The number of benzene rings is 2. The minimum atomic E-state index is -3.53. The number of furan rings is 1. The van der Waals surface area contributed by atoms with E-state index in [-0.39, 0.29) is 29.7 Å². The summed E-state index contributed by atoms with van der Waals surface area (Å²) < 4.78 is 32.0. The number of nitrogens with one attached hydrogen (secondary N) is 2. The standard InChI is InChI=1S/C26H31N3O5S/c1-3-28-35(32,33)24-14-11-21(12-15-24)13-16-25(30)29(19-22-8-5-4-6-9-22)20(2)26(31)27-18-23-10-7-17-34-23/h4-12,14-15,17,20,28H,3,13,16,18-19H2,1-2H3,(H,27,31)/t20-/m1/s1. The molecule has 9 heteroatoms. The number of nitrogens with zero attached hydrogens (tertiary/aromatic N) is 1. The molecule has 0 radical (unpaired) electrons. The number of amides is 2. The van der Waals surface area contributed by atoms with E-state index in [2.05, 4.69) is 10.0 Å². The molecule has 2 N–H and O–H groups in total. The first-order chi connectivity index (χ1) is 16.8. The van der Waals surface area contributed by atoms with Gasteiger partial charge in [-0.2, -0.15) is 0 Å². The van der Waals surface area contributed by atoms with Crippen LogP contribution in [0.15, 0.2) is 82.3 Å². The molecule has 0 bridgehead atoms. The van der Waals surface area contributed by atoms with E-state index in [9.17, 15) is 18.0 Å². The van der Waals surface area contributed by atoms with Crippen molar-refractivity contribution < 1.29 is 22.4 Å². The van der Waals surface area contributed by atoms with Gasteiger partial charge in [-0.3, -0.25) is 9.59 Å². The van der Waals surface area contributed by atoms with E-state index in [0.29, 0.717) is 25.3 Å². The smallest absolute Gasteiger partial charge is 0.242 e. The Labute approximate surface area is 206 Å². The Kier molecular flexibility index (Phi) is 9.22. The van der Waals surface area contributed by atoms with Crippen LogP contribution in [0.25, 0.3) is 0 Å². The van der Waals surface area contributed by atoms with Crippen molar-refractivity contribution in [2.75, 3.05) is 6.54 Å². The molecule has 3 rings (SSSR count). The summed E-state index contributed by atoms with van der Waals surface area (Å²) in [5.74, 6) is 0.189. The van der Waals surface area contributed by atoms with Crippen LogP contribution in [0.2, 0.25) is 0 Å². The van der Waals surface area contributed by atoms with Crippen LogP contribution >= 0.6 is 0 Å². The maximum Gasteiger partial charge on any atom is 0.242 e. The summed E-state index contributed by atoms with van der Waals surface area (Å²) in [6.45, 7) is 4.28. The van der Waals surface area contributed by atoms with E-state index in [4.69, 9.17) is 4.42 Å². The highest BCUT2D eigenvalue weighted by Crippen LogP contribution is 2.15. The van der Waals surface area contributed by atoms with Crippen molar-refractivity contribution in [1.29, 1.82) is 0 Å². The van der Waals surface area contributed by atoms with Gasteiger partial charge in [0.05, 0.1) is 17.7 Å². The van der Waals surface area contributed by atoms with E-state index < -0.39 is 16.1 Å². The van der Waals surface area contributed by atoms with Crippen molar-refractivity contribution in [1.82, 2.24) is 14.9 Å². The topological polar surface area (TPSA) is 109 Å². The zero-order chi connectivity index (χ0) is 25.3. The van der Waals surface area contributed by atoms with Gasteiger partial charge in [0.15, 0.2) is 0 Å². The summed E-state index contributed by atoms with van der Waals surface area (Å²) in [6, 6.07) is 18.8. The van der Waals surface area contributed by atoms with Crippen molar-refractivity contribution in [2.24, 2.45) is 0 Å². The van der Waals surface area contributed by atoms with Crippen molar-refractivity contribution >= 4 is 21.8 Å². The van der Waals surface area contributed by atoms with E-state index in [1.54, 1.807) is 49.3 Å². The van der Waals surface area contributed by atoms with Gasteiger partial charge in [0.25, 0.3) is 0 Å². The average Bonchev–Trinajstić information content (AvgIpc) is 3.38. The van der Waals surface area contributed by atoms with Crippen LogP contribution in [0.5, 0.6) is 0 Å². The van der Waals surface area contributed by atoms with Gasteiger partial charge in [0.1, 0.15) is 11.8 Å². The highest BCUT2D eigenvalue weighted by atomic mass is 32.2. The molecule has 186 valence electrons. The molecule has 0 saturated heterocycles. The largest absolute Gasteiger partial charge is 0.467 e. The second-order valence-electron chi connectivity index (χ2n) is 8.13. The molecule has 1 atom stereocenters. The molecule has 0 fully saturated rings. The summed E-state index contributed by atoms with van der Waals surface area (Å²) in [6.07, 6.45) is 2.15. The molecular formula is C26H31N3O5S. The number of aryl methyl sites for hydroxylation is 1. The quantitative estimate of drug-likeness (QED) is 0.399. The summed E-state index contributed by atoms with van der Waals surface area (Å²) in [5.41, 5.74) is 1.76. The molecule has 0 spiro atoms. The van der Waals surface area contributed by atoms with Crippen LogP contribution in [0, 0.1) is 0 Å². The van der Waals surface area contributed by atoms with Crippen LogP contribution < -0.4 is 10.0 Å². The maximum atomic E-state index is 13.2. The Balaban J connectivity index is 1.67. The fourth-order valence-electron chi connectivity index (χ4n) is 3.60. The van der Waals surface area contributed by atoms with E-state index in [1.807, 2.05) is 30.3 Å². The molecule has 35 heavy (non-hydrogen) atoms. The van der Waals surface area contributed by atoms with Gasteiger partial charge in [-0.25, -0.2) is 13.1 Å². The zero-order valence-corrected chi connectivity index (χ0v) is 20.8. The van der Waals surface area contributed by atoms with Gasteiger partial charge in [0, 0.05) is 19.5 Å². The zero-order valence-electron chi connectivity index (χ0n) is 19.9. The van der Waals surface area contributed by atoms with E-state index in [1.165, 1.54) is 12.1 Å². The van der Waals surface area contributed by atoms with Crippen LogP contribution in [-0.2, 0) is 39.1 Å². The Morgan fingerprint density at radius 1 is 0.971 bits per heavy atom. The Bertz CT molecular complexity index is 1190. The molecule has 2 amide bonds. The van der Waals surface area contributed by atoms with Gasteiger partial charge in [0.2, 0.25) is 21.8 Å². The van der Waals surface area contributed by atoms with Crippen LogP contribution in [-0.4, -0.2) is 37.7 Å². The van der Waals surface area contributed by atoms with Gasteiger partial charge >= 0.3 is 0 Å². The lowest BCUT2D eigenvalue weighted by atomic mass is 10.1. The Morgan fingerprint density at radius 2 is 1.69 bits per heavy atom. The summed E-state index contributed by atoms with van der Waals surface area (Å²) in [4.78, 5) is 27.8. The SMILES string of the molecule is CCNS(=O)(=O)c1ccc(CCC(=O)N(Cc2ccccc2)[C@H](C)C(=O)NCc2ccco2)cc1. The second kappa shape index (κ2) is 12.3. The lowest BCUT2D eigenvalue weighted by Gasteiger charge is -2.29. The van der Waals surface area contributed by atoms with Crippen LogP contribution in [0.4, 0.5) is 0 Å². The fraction of sp³-hybridized carbons (Fsp3) is 0.308. The van der Waals surface area contributed by atoms with Gasteiger partial charge in [-0.15, -0.1) is 0 Å². The third-order valence-electron chi connectivity index (χ3n) is 5.58. The first kappa shape index (κ1) is 26.2. The van der Waals surface area contributed by atoms with Crippen molar-refractivity contribution in [3.63, 3.8) is 0 Å². The predicted molar refractivity (Wildman–Crippen MR) is 133 cm³/mol. The molecule has 1 heterocycles. The van der Waals surface area contributed by atoms with Crippen LogP contribution in [0.1, 0.15) is 37.2 Å². The lowest BCUT2D eigenvalue weighted by Crippen LogP contribution is -2.47. The molecule has 0 aliphatic heterocycles. The maximum absolute atomic E-state index is 13.2. The van der Waals surface area contributed by atoms with Crippen molar-refractivity contribution in [2.45, 2.75) is 50.7 Å². The predicted octanol–water partition coefficient (Wildman–Crippen LogP) is 3.24. The first-order valence-corrected chi connectivity index (χ1v) is 13.0.